The molecular weight excluding hydrogens is 917 g/mol. The lowest BCUT2D eigenvalue weighted by molar-refractivity contribution is 0.0559. The molecule has 10 heteroatoms. The van der Waals surface area contributed by atoms with Gasteiger partial charge in [0.2, 0.25) is 0 Å². The van der Waals surface area contributed by atoms with Gasteiger partial charge in [-0.1, -0.05) is 96.6 Å². The van der Waals surface area contributed by atoms with Gasteiger partial charge in [0.15, 0.2) is 0 Å². The smallest absolute Gasteiger partial charge is 0.262 e. The summed E-state index contributed by atoms with van der Waals surface area (Å²) in [6.45, 7) is 11.2. The van der Waals surface area contributed by atoms with Crippen LogP contribution in [0.2, 0.25) is 0 Å². The Morgan fingerprint density at radius 3 is 1.55 bits per heavy atom. The van der Waals surface area contributed by atoms with Crippen molar-refractivity contribution in [3.05, 3.63) is 118 Å². The summed E-state index contributed by atoms with van der Waals surface area (Å²) in [6.07, 6.45) is 11.9. The number of amides is 4. The van der Waals surface area contributed by atoms with Gasteiger partial charge < -0.3 is 9.80 Å². The van der Waals surface area contributed by atoms with Gasteiger partial charge in [-0.05, 0) is 179 Å². The lowest BCUT2D eigenvalue weighted by Gasteiger charge is -2.35. The van der Waals surface area contributed by atoms with Crippen LogP contribution >= 0.6 is 22.7 Å². The molecule has 372 valence electrons. The van der Waals surface area contributed by atoms with Crippen molar-refractivity contribution in [2.45, 2.75) is 110 Å². The molecule has 0 N–H and O–H groups in total. The first-order chi connectivity index (χ1) is 34.3. The molecule has 4 aromatic carbocycles. The van der Waals surface area contributed by atoms with E-state index in [1.165, 1.54) is 42.5 Å². The van der Waals surface area contributed by atoms with Gasteiger partial charge in [-0.15, -0.1) is 22.7 Å². The highest BCUT2D eigenvalue weighted by Gasteiger charge is 2.45. The van der Waals surface area contributed by atoms with Gasteiger partial charge in [0.1, 0.15) is 0 Å². The molecule has 6 aromatic rings. The Bertz CT molecular complexity index is 2950. The van der Waals surface area contributed by atoms with Gasteiger partial charge in [-0.2, -0.15) is 0 Å². The number of thiophene rings is 2. The predicted octanol–water partition coefficient (Wildman–Crippen LogP) is 14.5. The minimum atomic E-state index is -0.354. The average Bonchev–Trinajstić information content (AvgIpc) is 4.15. The number of imide groups is 2. The van der Waals surface area contributed by atoms with E-state index in [9.17, 15) is 14.4 Å². The van der Waals surface area contributed by atoms with Gasteiger partial charge in [-0.25, -0.2) is 0 Å². The first kappa shape index (κ1) is 50.7. The first-order valence-electron chi connectivity index (χ1n) is 26.4. The van der Waals surface area contributed by atoms with E-state index in [-0.39, 0.29) is 40.9 Å². The Morgan fingerprint density at radius 2 is 1.03 bits per heavy atom. The van der Waals surface area contributed by atoms with Crippen LogP contribution in [0.4, 0.5) is 0 Å². The molecule has 2 aromatic heterocycles. The average molecular weight is 989 g/mol. The van der Waals surface area contributed by atoms with Crippen LogP contribution in [0.5, 0.6) is 0 Å². The van der Waals surface area contributed by atoms with Crippen molar-refractivity contribution in [2.75, 3.05) is 54.4 Å². The monoisotopic (exact) mass is 988 g/mol. The molecule has 8 nitrogen and oxygen atoms in total. The fourth-order valence-corrected chi connectivity index (χ4v) is 13.6. The van der Waals surface area contributed by atoms with E-state index >= 15 is 4.79 Å². The fourth-order valence-electron chi connectivity index (χ4n) is 11.9. The highest BCUT2D eigenvalue weighted by Crippen LogP contribution is 2.56. The fraction of sp³-hybridized carbons (Fsp3) is 0.443. The summed E-state index contributed by atoms with van der Waals surface area (Å²) < 4.78 is 0. The maximum atomic E-state index is 15.2. The molecule has 3 aliphatic rings. The summed E-state index contributed by atoms with van der Waals surface area (Å²) in [5.74, 6) is -1.07. The zero-order valence-electron chi connectivity index (χ0n) is 43.3. The summed E-state index contributed by atoms with van der Waals surface area (Å²) in [4.78, 5) is 69.9. The third-order valence-electron chi connectivity index (χ3n) is 15.9. The Kier molecular flexibility index (Phi) is 15.3. The molecule has 0 fully saturated rings. The number of nitrogens with zero attached hydrogens (tertiary/aromatic N) is 4. The van der Waals surface area contributed by atoms with Crippen LogP contribution in [0.1, 0.15) is 157 Å². The second kappa shape index (κ2) is 21.4. The number of unbranched alkanes of at least 4 members (excludes halogenated alkanes) is 2. The van der Waals surface area contributed by atoms with Crippen LogP contribution in [-0.2, 0) is 5.41 Å². The van der Waals surface area contributed by atoms with Gasteiger partial charge in [0.25, 0.3) is 23.6 Å². The number of benzene rings is 4. The molecule has 2 aliphatic heterocycles. The van der Waals surface area contributed by atoms with Gasteiger partial charge in [-0.3, -0.25) is 29.0 Å². The minimum Gasteiger partial charge on any atom is -0.309 e. The van der Waals surface area contributed by atoms with Crippen molar-refractivity contribution in [1.82, 2.24) is 19.6 Å². The third-order valence-corrected chi connectivity index (χ3v) is 18.0. The number of rotatable bonds is 23. The van der Waals surface area contributed by atoms with E-state index in [1.54, 1.807) is 34.8 Å². The Labute approximate surface area is 430 Å². The van der Waals surface area contributed by atoms with Crippen LogP contribution in [0.15, 0.2) is 84.2 Å². The predicted molar refractivity (Wildman–Crippen MR) is 295 cm³/mol. The summed E-state index contributed by atoms with van der Waals surface area (Å²) in [5.41, 5.74) is 9.81. The standard InChI is InChI=1S/C61H72N4O4S2/c1-9-13-18-39(11-3)37-64-57(66)45-25-26-46-55-54(45)48(59(64)68)36-47(56(55)60(69)65(58(46)67)38-40(12-4)19-14-10-2)53-28-27-52(71-53)42-22-24-44-43-23-21-41(51-20-15-33-70-51)34-49(43)61(50(44)35-42,29-16-31-62(5)6)30-17-32-63(7)8/h15,20-28,33-36,39-40H,9-14,16-19,29-32,37-38H2,1-8H3. The lowest BCUT2D eigenvalue weighted by atomic mass is 9.70. The van der Waals surface area contributed by atoms with Crippen molar-refractivity contribution in [3.63, 3.8) is 0 Å². The summed E-state index contributed by atoms with van der Waals surface area (Å²) >= 11 is 3.41. The molecule has 71 heavy (non-hydrogen) atoms. The van der Waals surface area contributed by atoms with E-state index in [1.807, 2.05) is 6.07 Å². The van der Waals surface area contributed by atoms with E-state index in [4.69, 9.17) is 0 Å². The molecule has 9 rings (SSSR count). The topological polar surface area (TPSA) is 81.2 Å². The van der Waals surface area contributed by atoms with Gasteiger partial charge in [0, 0.05) is 66.2 Å². The van der Waals surface area contributed by atoms with Crippen LogP contribution in [0, 0.1) is 11.8 Å². The molecule has 0 saturated heterocycles. The Hall–Kier alpha value is -5.26. The molecule has 4 amide bonds. The normalized spacial score (nSPS) is 15.7. The van der Waals surface area contributed by atoms with Crippen molar-refractivity contribution in [2.24, 2.45) is 11.8 Å². The number of fused-ring (bicyclic) bond motifs is 3. The molecule has 4 heterocycles. The SMILES string of the molecule is CCCCC(CC)CN1C(=O)c2ccc3c4c(c(-c5ccc(-c6ccc7c(c6)C(CCCN(C)C)(CCCN(C)C)c6cc(-c8cccs8)ccc6-7)s5)cc(c24)C1=O)C(=O)N(CC(CC)CCCC)C3=O. The molecule has 1 aliphatic carbocycles. The second-order valence-corrected chi connectivity index (χ2v) is 23.1. The maximum Gasteiger partial charge on any atom is 0.262 e. The first-order valence-corrected chi connectivity index (χ1v) is 28.1. The Balaban J connectivity index is 1.18. The molecule has 0 saturated carbocycles. The second-order valence-electron chi connectivity index (χ2n) is 21.1. The molecule has 0 spiro atoms. The van der Waals surface area contributed by atoms with Gasteiger partial charge >= 0.3 is 0 Å². The summed E-state index contributed by atoms with van der Waals surface area (Å²) in [5, 5.41) is 3.03. The highest BCUT2D eigenvalue weighted by molar-refractivity contribution is 7.18. The molecule has 0 radical (unpaired) electrons. The summed E-state index contributed by atoms with van der Waals surface area (Å²) in [7, 11) is 8.65. The quantitative estimate of drug-likeness (QED) is 0.0595. The van der Waals surface area contributed by atoms with Crippen molar-refractivity contribution >= 4 is 57.1 Å². The molecule has 2 atom stereocenters. The van der Waals surface area contributed by atoms with Crippen LogP contribution < -0.4 is 0 Å². The van der Waals surface area contributed by atoms with Crippen LogP contribution in [0.25, 0.3) is 53.2 Å². The Morgan fingerprint density at radius 1 is 0.521 bits per heavy atom. The van der Waals surface area contributed by atoms with Gasteiger partial charge in [0.05, 0.1) is 5.56 Å². The largest absolute Gasteiger partial charge is 0.309 e. The third kappa shape index (κ3) is 9.51. The van der Waals surface area contributed by atoms with E-state index < -0.39 is 0 Å². The maximum absolute atomic E-state index is 15.2. The lowest BCUT2D eigenvalue weighted by Crippen LogP contribution is -2.45. The van der Waals surface area contributed by atoms with Crippen molar-refractivity contribution in [1.29, 1.82) is 0 Å². The molecule has 2 unspecified atom stereocenters. The minimum absolute atomic E-state index is 0.163. The van der Waals surface area contributed by atoms with Crippen molar-refractivity contribution in [3.8, 4) is 42.4 Å². The highest BCUT2D eigenvalue weighted by atomic mass is 32.1. The number of carbonyl (C=O) groups excluding carboxylic acids is 4. The molecular formula is C61H72N4O4S2. The molecule has 0 bridgehead atoms. The summed E-state index contributed by atoms with van der Waals surface area (Å²) in [6, 6.07) is 28.1. The van der Waals surface area contributed by atoms with Crippen molar-refractivity contribution < 1.29 is 19.2 Å². The number of hydrogen-bond acceptors (Lipinski definition) is 8. The van der Waals surface area contributed by atoms with Crippen LogP contribution in [0.3, 0.4) is 0 Å². The van der Waals surface area contributed by atoms with Crippen LogP contribution in [-0.4, -0.2) is 97.6 Å². The number of hydrogen-bond donors (Lipinski definition) is 0. The van der Waals surface area contributed by atoms with E-state index in [2.05, 4.69) is 132 Å². The van der Waals surface area contributed by atoms with E-state index in [0.717, 1.165) is 105 Å². The zero-order valence-corrected chi connectivity index (χ0v) is 44.9. The van der Waals surface area contributed by atoms with E-state index in [0.29, 0.717) is 51.7 Å². The zero-order chi connectivity index (χ0) is 50.1. The number of carbonyl (C=O) groups is 4.